The molecule has 3 rings (SSSR count). The summed E-state index contributed by atoms with van der Waals surface area (Å²) >= 11 is 0. The van der Waals surface area contributed by atoms with Crippen molar-refractivity contribution in [1.82, 2.24) is 0 Å². The van der Waals surface area contributed by atoms with Crippen LogP contribution in [0.4, 0.5) is 0 Å². The monoisotopic (exact) mass is 310 g/mol. The average Bonchev–Trinajstić information content (AvgIpc) is 2.59. The first-order valence-corrected chi connectivity index (χ1v) is 7.36. The van der Waals surface area contributed by atoms with Crippen LogP contribution in [0.25, 0.3) is 11.0 Å². The van der Waals surface area contributed by atoms with Crippen LogP contribution < -0.4 is 14.9 Å². The highest BCUT2D eigenvalue weighted by Gasteiger charge is 2.15. The molecule has 118 valence electrons. The summed E-state index contributed by atoms with van der Waals surface area (Å²) in [5.41, 5.74) is 2.18. The Bertz CT molecular complexity index is 895. The third kappa shape index (κ3) is 2.80. The van der Waals surface area contributed by atoms with Crippen LogP contribution in [0.1, 0.15) is 16.9 Å². The Morgan fingerprint density at radius 1 is 1.00 bits per heavy atom. The van der Waals surface area contributed by atoms with E-state index in [9.17, 15) is 4.79 Å². The number of fused-ring (bicyclic) bond motifs is 1. The molecule has 0 saturated carbocycles. The lowest BCUT2D eigenvalue weighted by molar-refractivity contribution is 0.355. The second-order valence-corrected chi connectivity index (χ2v) is 5.35. The topological polar surface area (TPSA) is 48.7 Å². The second-order valence-electron chi connectivity index (χ2n) is 5.35. The van der Waals surface area contributed by atoms with Crippen LogP contribution in [-0.4, -0.2) is 14.2 Å². The molecule has 0 amide bonds. The summed E-state index contributed by atoms with van der Waals surface area (Å²) in [5.74, 6) is 1.72. The van der Waals surface area contributed by atoms with Crippen LogP contribution in [-0.2, 0) is 6.42 Å². The molecule has 1 heterocycles. The fraction of sp³-hybridized carbons (Fsp3) is 0.211. The predicted octanol–water partition coefficient (Wildman–Crippen LogP) is 3.71. The third-order valence-corrected chi connectivity index (χ3v) is 3.93. The summed E-state index contributed by atoms with van der Waals surface area (Å²) < 4.78 is 16.5. The van der Waals surface area contributed by atoms with Gasteiger partial charge < -0.3 is 13.9 Å². The molecule has 0 unspecified atom stereocenters. The highest BCUT2D eigenvalue weighted by Crippen LogP contribution is 2.32. The minimum atomic E-state index is -0.0434. The summed E-state index contributed by atoms with van der Waals surface area (Å²) in [6, 6.07) is 13.3. The van der Waals surface area contributed by atoms with Gasteiger partial charge in [-0.2, -0.15) is 0 Å². The molecule has 1 aromatic heterocycles. The van der Waals surface area contributed by atoms with E-state index >= 15 is 0 Å². The van der Waals surface area contributed by atoms with Gasteiger partial charge in [-0.3, -0.25) is 4.79 Å². The maximum atomic E-state index is 12.7. The molecule has 0 saturated heterocycles. The van der Waals surface area contributed by atoms with Gasteiger partial charge >= 0.3 is 0 Å². The zero-order valence-electron chi connectivity index (χ0n) is 13.4. The number of benzene rings is 2. The molecule has 0 spiro atoms. The van der Waals surface area contributed by atoms with E-state index in [1.807, 2.05) is 30.3 Å². The van der Waals surface area contributed by atoms with Crippen LogP contribution >= 0.6 is 0 Å². The Balaban J connectivity index is 2.17. The van der Waals surface area contributed by atoms with Crippen molar-refractivity contribution in [3.63, 3.8) is 0 Å². The molecule has 4 heteroatoms. The van der Waals surface area contributed by atoms with Crippen LogP contribution in [0.3, 0.4) is 0 Å². The molecule has 0 aliphatic rings. The molecule has 0 atom stereocenters. The molecular weight excluding hydrogens is 292 g/mol. The van der Waals surface area contributed by atoms with Gasteiger partial charge in [0.05, 0.1) is 19.6 Å². The van der Waals surface area contributed by atoms with Crippen molar-refractivity contribution in [1.29, 1.82) is 0 Å². The quantitative estimate of drug-likeness (QED) is 0.737. The lowest BCUT2D eigenvalue weighted by atomic mass is 10.0. The van der Waals surface area contributed by atoms with Gasteiger partial charge in [-0.1, -0.05) is 30.3 Å². The Morgan fingerprint density at radius 3 is 2.30 bits per heavy atom. The lowest BCUT2D eigenvalue weighted by Crippen LogP contribution is -2.10. The summed E-state index contributed by atoms with van der Waals surface area (Å²) in [4.78, 5) is 12.7. The van der Waals surface area contributed by atoms with Crippen molar-refractivity contribution in [3.8, 4) is 11.5 Å². The minimum absolute atomic E-state index is 0.0434. The molecule has 3 aromatic rings. The van der Waals surface area contributed by atoms with Gasteiger partial charge in [-0.25, -0.2) is 0 Å². The fourth-order valence-corrected chi connectivity index (χ4v) is 2.61. The highest BCUT2D eigenvalue weighted by atomic mass is 16.5. The first-order chi connectivity index (χ1) is 11.1. The van der Waals surface area contributed by atoms with E-state index in [1.165, 1.54) is 0 Å². The number of rotatable bonds is 4. The lowest BCUT2D eigenvalue weighted by Gasteiger charge is -2.11. The van der Waals surface area contributed by atoms with Crippen molar-refractivity contribution in [3.05, 3.63) is 69.6 Å². The summed E-state index contributed by atoms with van der Waals surface area (Å²) in [7, 11) is 3.10. The van der Waals surface area contributed by atoms with E-state index in [0.29, 0.717) is 40.2 Å². The van der Waals surface area contributed by atoms with Crippen molar-refractivity contribution in [2.75, 3.05) is 14.2 Å². The molecule has 0 fully saturated rings. The normalized spacial score (nSPS) is 10.7. The van der Waals surface area contributed by atoms with Gasteiger partial charge in [0.25, 0.3) is 0 Å². The standard InChI is InChI=1S/C19H18O4/c1-12-15(9-13-7-5-4-6-8-13)23-16-11-18(22-3)17(21-2)10-14(16)19(12)20/h4-8,10-11H,9H2,1-3H3. The third-order valence-electron chi connectivity index (χ3n) is 3.93. The van der Waals surface area contributed by atoms with E-state index in [2.05, 4.69) is 0 Å². The van der Waals surface area contributed by atoms with E-state index in [4.69, 9.17) is 13.9 Å². The Labute approximate surface area is 134 Å². The van der Waals surface area contributed by atoms with Crippen molar-refractivity contribution >= 4 is 11.0 Å². The van der Waals surface area contributed by atoms with Gasteiger partial charge in [0, 0.05) is 18.1 Å². The largest absolute Gasteiger partial charge is 0.493 e. The predicted molar refractivity (Wildman–Crippen MR) is 89.6 cm³/mol. The summed E-state index contributed by atoms with van der Waals surface area (Å²) in [5, 5.41) is 0.497. The Hall–Kier alpha value is -2.75. The molecule has 23 heavy (non-hydrogen) atoms. The van der Waals surface area contributed by atoms with Gasteiger partial charge in [-0.15, -0.1) is 0 Å². The van der Waals surface area contributed by atoms with E-state index < -0.39 is 0 Å². The number of hydrogen-bond donors (Lipinski definition) is 0. The zero-order chi connectivity index (χ0) is 16.4. The number of methoxy groups -OCH3 is 2. The SMILES string of the molecule is COc1cc2oc(Cc3ccccc3)c(C)c(=O)c2cc1OC. The number of ether oxygens (including phenoxy) is 2. The second kappa shape index (κ2) is 6.16. The van der Waals surface area contributed by atoms with E-state index in [1.54, 1.807) is 33.3 Å². The maximum Gasteiger partial charge on any atom is 0.196 e. The molecule has 0 bridgehead atoms. The van der Waals surface area contributed by atoms with Gasteiger partial charge in [0.15, 0.2) is 16.9 Å². The van der Waals surface area contributed by atoms with Crippen molar-refractivity contribution < 1.29 is 13.9 Å². The molecule has 0 radical (unpaired) electrons. The Kier molecular flexibility index (Phi) is 4.06. The van der Waals surface area contributed by atoms with Crippen LogP contribution in [0.15, 0.2) is 51.7 Å². The van der Waals surface area contributed by atoms with Crippen LogP contribution in [0.5, 0.6) is 11.5 Å². The van der Waals surface area contributed by atoms with Gasteiger partial charge in [0.2, 0.25) is 0 Å². The molecular formula is C19H18O4. The van der Waals surface area contributed by atoms with E-state index in [-0.39, 0.29) is 5.43 Å². The van der Waals surface area contributed by atoms with Gasteiger partial charge in [0.1, 0.15) is 11.3 Å². The zero-order valence-corrected chi connectivity index (χ0v) is 13.4. The summed E-state index contributed by atoms with van der Waals surface area (Å²) in [6.45, 7) is 1.79. The van der Waals surface area contributed by atoms with Crippen molar-refractivity contribution in [2.24, 2.45) is 0 Å². The highest BCUT2D eigenvalue weighted by molar-refractivity contribution is 5.81. The fourth-order valence-electron chi connectivity index (χ4n) is 2.61. The van der Waals surface area contributed by atoms with Crippen LogP contribution in [0.2, 0.25) is 0 Å². The van der Waals surface area contributed by atoms with E-state index in [0.717, 1.165) is 5.56 Å². The van der Waals surface area contributed by atoms with Gasteiger partial charge in [-0.05, 0) is 18.6 Å². The minimum Gasteiger partial charge on any atom is -0.493 e. The molecule has 0 aliphatic carbocycles. The summed E-state index contributed by atoms with van der Waals surface area (Å²) in [6.07, 6.45) is 0.576. The molecule has 0 N–H and O–H groups in total. The maximum absolute atomic E-state index is 12.7. The first-order valence-electron chi connectivity index (χ1n) is 7.36. The van der Waals surface area contributed by atoms with Crippen molar-refractivity contribution in [2.45, 2.75) is 13.3 Å². The Morgan fingerprint density at radius 2 is 1.65 bits per heavy atom. The molecule has 2 aromatic carbocycles. The smallest absolute Gasteiger partial charge is 0.196 e. The number of hydrogen-bond acceptors (Lipinski definition) is 4. The molecule has 0 aliphatic heterocycles. The molecule has 4 nitrogen and oxygen atoms in total. The first kappa shape index (κ1) is 15.2. The van der Waals surface area contributed by atoms with Crippen LogP contribution in [0, 0.1) is 6.92 Å². The average molecular weight is 310 g/mol.